The molecule has 3 rings (SSSR count). The molecule has 1 atom stereocenters. The number of rotatable bonds is 1. The van der Waals surface area contributed by atoms with Crippen LogP contribution in [-0.2, 0) is 6.54 Å². The van der Waals surface area contributed by atoms with Gasteiger partial charge in [0.25, 0.3) is 0 Å². The first-order valence-corrected chi connectivity index (χ1v) is 7.23. The first kappa shape index (κ1) is 14.0. The second-order valence-electron chi connectivity index (χ2n) is 5.41. The van der Waals surface area contributed by atoms with Gasteiger partial charge < -0.3 is 10.0 Å². The van der Waals surface area contributed by atoms with Crippen molar-refractivity contribution in [3.8, 4) is 5.75 Å². The minimum Gasteiger partial charge on any atom is -0.508 e. The van der Waals surface area contributed by atoms with Crippen LogP contribution >= 0.6 is 11.6 Å². The van der Waals surface area contributed by atoms with Crippen molar-refractivity contribution in [1.29, 1.82) is 0 Å². The minimum atomic E-state index is -0.00181. The second-order valence-corrected chi connectivity index (χ2v) is 5.81. The van der Waals surface area contributed by atoms with E-state index in [1.54, 1.807) is 12.1 Å². The monoisotopic (exact) mass is 300 g/mol. The average molecular weight is 301 g/mol. The van der Waals surface area contributed by atoms with Crippen molar-refractivity contribution in [3.05, 3.63) is 64.2 Å². The number of phenols is 1. The highest BCUT2D eigenvalue weighted by Crippen LogP contribution is 2.37. The molecule has 4 heteroatoms. The Morgan fingerprint density at radius 2 is 1.90 bits per heavy atom. The Morgan fingerprint density at radius 1 is 1.14 bits per heavy atom. The van der Waals surface area contributed by atoms with Crippen molar-refractivity contribution >= 4 is 17.4 Å². The Morgan fingerprint density at radius 3 is 2.62 bits per heavy atom. The van der Waals surface area contributed by atoms with Crippen LogP contribution in [0.4, 0.5) is 0 Å². The zero-order valence-corrected chi connectivity index (χ0v) is 12.8. The van der Waals surface area contributed by atoms with E-state index in [2.05, 4.69) is 4.99 Å². The molecule has 1 heterocycles. The molecular weight excluding hydrogens is 284 g/mol. The molecule has 21 heavy (non-hydrogen) atoms. The van der Waals surface area contributed by atoms with Crippen LogP contribution in [0.3, 0.4) is 0 Å². The number of hydrogen-bond donors (Lipinski definition) is 1. The Hall–Kier alpha value is -2.00. The van der Waals surface area contributed by atoms with Gasteiger partial charge in [0.05, 0.1) is 12.5 Å². The number of aliphatic imine (C=N–C) groups is 1. The number of amidine groups is 1. The molecule has 2 aromatic carbocycles. The Bertz CT molecular complexity index is 710. The van der Waals surface area contributed by atoms with E-state index in [4.69, 9.17) is 11.6 Å². The van der Waals surface area contributed by atoms with Gasteiger partial charge in [0.2, 0.25) is 0 Å². The van der Waals surface area contributed by atoms with E-state index < -0.39 is 0 Å². The van der Waals surface area contributed by atoms with Crippen molar-refractivity contribution < 1.29 is 5.11 Å². The molecule has 108 valence electrons. The van der Waals surface area contributed by atoms with Gasteiger partial charge in [-0.1, -0.05) is 35.9 Å². The van der Waals surface area contributed by atoms with E-state index in [1.807, 2.05) is 49.3 Å². The van der Waals surface area contributed by atoms with Crippen molar-refractivity contribution in [3.63, 3.8) is 0 Å². The number of fused-ring (bicyclic) bond motifs is 1. The molecule has 0 spiro atoms. The maximum Gasteiger partial charge on any atom is 0.115 e. The maximum atomic E-state index is 9.69. The summed E-state index contributed by atoms with van der Waals surface area (Å²) in [4.78, 5) is 6.71. The number of benzene rings is 2. The second kappa shape index (κ2) is 5.41. The molecular formula is C17H17ClN2O. The van der Waals surface area contributed by atoms with E-state index >= 15 is 0 Å². The van der Waals surface area contributed by atoms with E-state index in [0.29, 0.717) is 6.54 Å². The molecule has 1 aliphatic rings. The average Bonchev–Trinajstić information content (AvgIpc) is 2.46. The molecule has 0 saturated carbocycles. The predicted molar refractivity (Wildman–Crippen MR) is 86.2 cm³/mol. The topological polar surface area (TPSA) is 35.8 Å². The van der Waals surface area contributed by atoms with Crippen LogP contribution in [0.15, 0.2) is 47.5 Å². The largest absolute Gasteiger partial charge is 0.508 e. The fourth-order valence-corrected chi connectivity index (χ4v) is 3.07. The highest BCUT2D eigenvalue weighted by molar-refractivity contribution is 6.31. The molecule has 0 radical (unpaired) electrons. The van der Waals surface area contributed by atoms with E-state index in [0.717, 1.165) is 27.5 Å². The zero-order chi connectivity index (χ0) is 15.0. The van der Waals surface area contributed by atoms with Gasteiger partial charge in [0, 0.05) is 19.1 Å². The third-order valence-electron chi connectivity index (χ3n) is 3.78. The van der Waals surface area contributed by atoms with E-state index in [9.17, 15) is 5.11 Å². The number of aromatic hydroxyl groups is 1. The Labute approximate surface area is 129 Å². The minimum absolute atomic E-state index is 0.00181. The summed E-state index contributed by atoms with van der Waals surface area (Å²) in [5.74, 6) is 1.26. The van der Waals surface area contributed by atoms with Crippen molar-refractivity contribution in [2.45, 2.75) is 12.5 Å². The fourth-order valence-electron chi connectivity index (χ4n) is 2.82. The third-order valence-corrected chi connectivity index (χ3v) is 4.13. The standard InChI is InChI=1S/C17H17ClN2O/c1-20(2)17-16(14-5-3-4-6-15(14)18)13-8-7-12(21)9-11(13)10-19-17/h3-9,16,21H,10H2,1-2H3. The molecule has 3 nitrogen and oxygen atoms in total. The summed E-state index contributed by atoms with van der Waals surface area (Å²) >= 11 is 6.40. The van der Waals surface area contributed by atoms with Crippen LogP contribution in [0.2, 0.25) is 5.02 Å². The number of hydrogen-bond acceptors (Lipinski definition) is 3. The van der Waals surface area contributed by atoms with E-state index in [1.165, 1.54) is 0 Å². The Kier molecular flexibility index (Phi) is 3.60. The quantitative estimate of drug-likeness (QED) is 0.872. The summed E-state index contributed by atoms with van der Waals surface area (Å²) in [5, 5.41) is 10.4. The highest BCUT2D eigenvalue weighted by atomic mass is 35.5. The lowest BCUT2D eigenvalue weighted by Crippen LogP contribution is -2.32. The number of halogens is 1. The van der Waals surface area contributed by atoms with Gasteiger partial charge in [-0.15, -0.1) is 0 Å². The molecule has 1 unspecified atom stereocenters. The van der Waals surface area contributed by atoms with Gasteiger partial charge in [0.15, 0.2) is 0 Å². The first-order valence-electron chi connectivity index (χ1n) is 6.86. The summed E-state index contributed by atoms with van der Waals surface area (Å²) < 4.78 is 0. The van der Waals surface area contributed by atoms with Crippen LogP contribution in [0.1, 0.15) is 22.6 Å². The van der Waals surface area contributed by atoms with Gasteiger partial charge >= 0.3 is 0 Å². The number of likely N-dealkylation sites (N-methyl/N-ethyl adjacent to an activating group) is 1. The van der Waals surface area contributed by atoms with Gasteiger partial charge in [-0.3, -0.25) is 4.99 Å². The summed E-state index contributed by atoms with van der Waals surface area (Å²) in [6, 6.07) is 13.3. The lowest BCUT2D eigenvalue weighted by atomic mass is 9.84. The Balaban J connectivity index is 2.20. The molecule has 0 aromatic heterocycles. The lowest BCUT2D eigenvalue weighted by molar-refractivity contribution is 0.474. The SMILES string of the molecule is CN(C)C1=NCc2cc(O)ccc2C1c1ccccc1Cl. The predicted octanol–water partition coefficient (Wildman–Crippen LogP) is 3.65. The normalized spacial score (nSPS) is 17.1. The summed E-state index contributed by atoms with van der Waals surface area (Å²) in [6.45, 7) is 0.582. The van der Waals surface area contributed by atoms with Crippen LogP contribution in [0, 0.1) is 0 Å². The van der Waals surface area contributed by atoms with Gasteiger partial charge in [-0.05, 0) is 34.9 Å². The van der Waals surface area contributed by atoms with Crippen LogP contribution in [-0.4, -0.2) is 29.9 Å². The molecule has 2 aromatic rings. The molecule has 1 N–H and O–H groups in total. The molecule has 0 bridgehead atoms. The smallest absolute Gasteiger partial charge is 0.115 e. The molecule has 0 aliphatic carbocycles. The van der Waals surface area contributed by atoms with Crippen LogP contribution in [0.5, 0.6) is 5.75 Å². The highest BCUT2D eigenvalue weighted by Gasteiger charge is 2.29. The summed E-state index contributed by atoms with van der Waals surface area (Å²) in [5.41, 5.74) is 3.24. The molecule has 0 saturated heterocycles. The third kappa shape index (κ3) is 2.49. The number of phenolic OH excluding ortho intramolecular Hbond substituents is 1. The first-order chi connectivity index (χ1) is 10.1. The van der Waals surface area contributed by atoms with Gasteiger partial charge in [-0.25, -0.2) is 0 Å². The van der Waals surface area contributed by atoms with Crippen LogP contribution in [0.25, 0.3) is 0 Å². The number of nitrogens with zero attached hydrogens (tertiary/aromatic N) is 2. The van der Waals surface area contributed by atoms with Crippen molar-refractivity contribution in [2.75, 3.05) is 14.1 Å². The van der Waals surface area contributed by atoms with Crippen molar-refractivity contribution in [1.82, 2.24) is 4.90 Å². The van der Waals surface area contributed by atoms with Crippen molar-refractivity contribution in [2.24, 2.45) is 4.99 Å². The van der Waals surface area contributed by atoms with Gasteiger partial charge in [0.1, 0.15) is 11.6 Å². The van der Waals surface area contributed by atoms with Crippen LogP contribution < -0.4 is 0 Å². The zero-order valence-electron chi connectivity index (χ0n) is 12.0. The molecule has 1 aliphatic heterocycles. The molecule has 0 amide bonds. The fraction of sp³-hybridized carbons (Fsp3) is 0.235. The van der Waals surface area contributed by atoms with E-state index in [-0.39, 0.29) is 11.7 Å². The molecule has 0 fully saturated rings. The summed E-state index contributed by atoms with van der Waals surface area (Å²) in [6.07, 6.45) is 0. The lowest BCUT2D eigenvalue weighted by Gasteiger charge is -2.31. The summed E-state index contributed by atoms with van der Waals surface area (Å²) in [7, 11) is 3.99. The van der Waals surface area contributed by atoms with Gasteiger partial charge in [-0.2, -0.15) is 0 Å². The maximum absolute atomic E-state index is 9.69.